The van der Waals surface area contributed by atoms with Crippen molar-refractivity contribution < 1.29 is 9.79 Å². The highest BCUT2D eigenvalue weighted by Crippen LogP contribution is 2.33. The molecule has 0 bridgehead atoms. The van der Waals surface area contributed by atoms with Gasteiger partial charge < -0.3 is 11.5 Å². The maximum absolute atomic E-state index is 12.2. The second-order valence-electron chi connectivity index (χ2n) is 7.77. The van der Waals surface area contributed by atoms with Crippen molar-refractivity contribution in [2.45, 2.75) is 51.0 Å². The quantitative estimate of drug-likeness (QED) is 0.548. The number of nitrogens with one attached hydrogen (secondary N) is 1. The highest BCUT2D eigenvalue weighted by molar-refractivity contribution is 5.98. The predicted molar refractivity (Wildman–Crippen MR) is 105 cm³/mol. The molecule has 1 saturated carbocycles. The molecule has 1 amide bonds. The molecule has 3 rings (SSSR count). The number of rotatable bonds is 4. The minimum absolute atomic E-state index is 0.0298. The highest BCUT2D eigenvalue weighted by atomic mass is 16.2. The van der Waals surface area contributed by atoms with Crippen LogP contribution in [0.5, 0.6) is 0 Å². The number of nitrogens with zero attached hydrogens (tertiary/aromatic N) is 2. The second kappa shape index (κ2) is 7.48. The molecule has 1 heterocycles. The molecule has 0 unspecified atom stereocenters. The largest absolute Gasteiger partial charge is 0.398 e. The second-order valence-corrected chi connectivity index (χ2v) is 7.77. The average Bonchev–Trinajstić information content (AvgIpc) is 2.62. The first-order valence-corrected chi connectivity index (χ1v) is 9.47. The van der Waals surface area contributed by atoms with Gasteiger partial charge in [0.2, 0.25) is 5.91 Å². The van der Waals surface area contributed by atoms with Gasteiger partial charge in [0.05, 0.1) is 17.5 Å². The molecular formula is C20H30N5O+. The minimum atomic E-state index is -0.659. The molecule has 2 aliphatic rings. The van der Waals surface area contributed by atoms with Crippen LogP contribution in [0.25, 0.3) is 0 Å². The Hall–Kier alpha value is -2.37. The van der Waals surface area contributed by atoms with Crippen LogP contribution in [0, 0.1) is 5.92 Å². The van der Waals surface area contributed by atoms with Gasteiger partial charge in [-0.3, -0.25) is 9.69 Å². The summed E-state index contributed by atoms with van der Waals surface area (Å²) >= 11 is 0. The number of hydrogen-bond acceptors (Lipinski definition) is 4. The SMILES string of the molecule is CN1C(=O)C[C@@](C)(c2ccc(N)c(C=[NH+]CC3CCCCC3)c2)N=C1N. The zero-order valence-electron chi connectivity index (χ0n) is 15.8. The Morgan fingerprint density at radius 1 is 1.31 bits per heavy atom. The molecule has 1 aliphatic carbocycles. The minimum Gasteiger partial charge on any atom is -0.398 e. The van der Waals surface area contributed by atoms with Gasteiger partial charge in [0, 0.05) is 18.7 Å². The fraction of sp³-hybridized carbons (Fsp3) is 0.550. The van der Waals surface area contributed by atoms with Gasteiger partial charge in [-0.25, -0.2) is 9.98 Å². The van der Waals surface area contributed by atoms with E-state index in [-0.39, 0.29) is 11.9 Å². The number of guanidine groups is 1. The Balaban J connectivity index is 1.80. The fourth-order valence-corrected chi connectivity index (χ4v) is 3.84. The lowest BCUT2D eigenvalue weighted by Gasteiger charge is -2.33. The van der Waals surface area contributed by atoms with Gasteiger partial charge in [-0.2, -0.15) is 0 Å². The zero-order valence-corrected chi connectivity index (χ0v) is 15.8. The predicted octanol–water partition coefficient (Wildman–Crippen LogP) is 0.741. The summed E-state index contributed by atoms with van der Waals surface area (Å²) in [6, 6.07) is 5.82. The summed E-state index contributed by atoms with van der Waals surface area (Å²) < 4.78 is 0. The lowest BCUT2D eigenvalue weighted by molar-refractivity contribution is -0.461. The van der Waals surface area contributed by atoms with Crippen molar-refractivity contribution in [2.24, 2.45) is 16.6 Å². The van der Waals surface area contributed by atoms with Crippen LogP contribution in [0.4, 0.5) is 5.69 Å². The Morgan fingerprint density at radius 3 is 2.73 bits per heavy atom. The van der Waals surface area contributed by atoms with Gasteiger partial charge in [0.1, 0.15) is 6.54 Å². The van der Waals surface area contributed by atoms with Crippen LogP contribution in [0.15, 0.2) is 23.2 Å². The maximum atomic E-state index is 12.2. The maximum Gasteiger partial charge on any atom is 0.231 e. The molecule has 5 N–H and O–H groups in total. The van der Waals surface area contributed by atoms with Crippen molar-refractivity contribution in [2.75, 3.05) is 19.3 Å². The van der Waals surface area contributed by atoms with Crippen molar-refractivity contribution in [3.8, 4) is 0 Å². The molecule has 1 aromatic carbocycles. The van der Waals surface area contributed by atoms with Crippen LogP contribution < -0.4 is 16.5 Å². The number of carbonyl (C=O) groups is 1. The molecular weight excluding hydrogens is 326 g/mol. The van der Waals surface area contributed by atoms with E-state index in [1.54, 1.807) is 7.05 Å². The van der Waals surface area contributed by atoms with E-state index in [2.05, 4.69) is 9.98 Å². The molecule has 1 aliphatic heterocycles. The van der Waals surface area contributed by atoms with Crippen LogP contribution in [0.2, 0.25) is 0 Å². The van der Waals surface area contributed by atoms with Gasteiger partial charge in [-0.1, -0.05) is 25.3 Å². The summed E-state index contributed by atoms with van der Waals surface area (Å²) in [6.45, 7) is 2.92. The monoisotopic (exact) mass is 356 g/mol. The molecule has 26 heavy (non-hydrogen) atoms. The molecule has 140 valence electrons. The Bertz CT molecular complexity index is 736. The van der Waals surface area contributed by atoms with Gasteiger partial charge in [0.25, 0.3) is 0 Å². The molecule has 6 nitrogen and oxygen atoms in total. The van der Waals surface area contributed by atoms with Crippen molar-refractivity contribution in [3.63, 3.8) is 0 Å². The molecule has 1 fully saturated rings. The lowest BCUT2D eigenvalue weighted by Crippen LogP contribution is -2.71. The number of hydrogen-bond donors (Lipinski definition) is 3. The van der Waals surface area contributed by atoms with Crippen molar-refractivity contribution >= 4 is 23.8 Å². The van der Waals surface area contributed by atoms with E-state index in [1.807, 2.05) is 31.3 Å². The van der Waals surface area contributed by atoms with Crippen molar-refractivity contribution in [1.82, 2.24) is 4.90 Å². The van der Waals surface area contributed by atoms with E-state index in [1.165, 1.54) is 37.0 Å². The van der Waals surface area contributed by atoms with Gasteiger partial charge in [0.15, 0.2) is 12.2 Å². The first kappa shape index (κ1) is 18.4. The number of anilines is 1. The summed E-state index contributed by atoms with van der Waals surface area (Å²) in [7, 11) is 1.65. The normalized spacial score (nSPS) is 24.9. The summed E-state index contributed by atoms with van der Waals surface area (Å²) in [5.41, 5.74) is 14.0. The average molecular weight is 356 g/mol. The number of nitrogens with two attached hydrogens (primary N) is 2. The molecule has 0 aromatic heterocycles. The number of carbonyl (C=O) groups excluding carboxylic acids is 1. The highest BCUT2D eigenvalue weighted by Gasteiger charge is 2.36. The number of aliphatic imine (C=N–C) groups is 1. The van der Waals surface area contributed by atoms with E-state index in [0.29, 0.717) is 12.1 Å². The Kier molecular flexibility index (Phi) is 5.30. The van der Waals surface area contributed by atoms with Crippen LogP contribution >= 0.6 is 0 Å². The standard InChI is InChI=1S/C20H29N5O/c1-20(11-18(26)25(2)19(22)24-20)16-8-9-17(21)15(10-16)13-23-12-14-6-4-3-5-7-14/h8-10,13-14H,3-7,11-12,21H2,1-2H3,(H2,22,24)/p+1/t20-/m0/s1. The molecule has 0 spiro atoms. The van der Waals surface area contributed by atoms with Gasteiger partial charge in [-0.05, 0) is 37.5 Å². The van der Waals surface area contributed by atoms with Gasteiger partial charge in [-0.15, -0.1) is 0 Å². The Labute approximate surface area is 155 Å². The summed E-state index contributed by atoms with van der Waals surface area (Å²) in [6.07, 6.45) is 8.93. The molecule has 1 atom stereocenters. The van der Waals surface area contributed by atoms with E-state index in [9.17, 15) is 4.79 Å². The van der Waals surface area contributed by atoms with Crippen LogP contribution in [-0.4, -0.2) is 36.6 Å². The van der Waals surface area contributed by atoms with E-state index >= 15 is 0 Å². The smallest absolute Gasteiger partial charge is 0.231 e. The first-order chi connectivity index (χ1) is 12.4. The number of nitrogen functional groups attached to an aromatic ring is 1. The Morgan fingerprint density at radius 2 is 2.04 bits per heavy atom. The topological polar surface area (TPSA) is 98.7 Å². The third-order valence-electron chi connectivity index (χ3n) is 5.67. The molecule has 6 heteroatoms. The molecule has 0 radical (unpaired) electrons. The van der Waals surface area contributed by atoms with Crippen LogP contribution in [0.1, 0.15) is 56.6 Å². The van der Waals surface area contributed by atoms with Gasteiger partial charge >= 0.3 is 0 Å². The summed E-state index contributed by atoms with van der Waals surface area (Å²) in [5.74, 6) is 0.970. The third kappa shape index (κ3) is 3.89. The number of amides is 1. The fourth-order valence-electron chi connectivity index (χ4n) is 3.84. The molecule has 1 aromatic rings. The van der Waals surface area contributed by atoms with Crippen molar-refractivity contribution in [3.05, 3.63) is 29.3 Å². The van der Waals surface area contributed by atoms with E-state index in [0.717, 1.165) is 23.6 Å². The first-order valence-electron chi connectivity index (χ1n) is 9.47. The number of benzene rings is 1. The zero-order chi connectivity index (χ0) is 18.7. The van der Waals surface area contributed by atoms with Crippen molar-refractivity contribution in [1.29, 1.82) is 0 Å². The van der Waals surface area contributed by atoms with Crippen LogP contribution in [-0.2, 0) is 10.3 Å². The lowest BCUT2D eigenvalue weighted by atomic mass is 9.86. The third-order valence-corrected chi connectivity index (χ3v) is 5.67. The van der Waals surface area contributed by atoms with Crippen LogP contribution in [0.3, 0.4) is 0 Å². The summed E-state index contributed by atoms with van der Waals surface area (Å²) in [4.78, 5) is 21.6. The summed E-state index contributed by atoms with van der Waals surface area (Å²) in [5, 5.41) is 0. The molecule has 0 saturated heterocycles. The van der Waals surface area contributed by atoms with E-state index < -0.39 is 5.54 Å². The van der Waals surface area contributed by atoms with E-state index in [4.69, 9.17) is 11.5 Å².